The molecule has 2 rings (SSSR count). The molecule has 0 spiro atoms. The number of aromatic nitrogens is 2. The summed E-state index contributed by atoms with van der Waals surface area (Å²) >= 11 is 0. The minimum absolute atomic E-state index is 0.276. The van der Waals surface area contributed by atoms with Crippen molar-refractivity contribution in [3.8, 4) is 11.6 Å². The molecular formula is C18H24N2O2. The van der Waals surface area contributed by atoms with E-state index < -0.39 is 0 Å². The maximum Gasteiger partial charge on any atom is 0.217 e. The van der Waals surface area contributed by atoms with Gasteiger partial charge in [0.1, 0.15) is 18.2 Å². The summed E-state index contributed by atoms with van der Waals surface area (Å²) in [6.45, 7) is 8.89. The van der Waals surface area contributed by atoms with Gasteiger partial charge in [-0.05, 0) is 23.6 Å². The number of ether oxygens (including phenoxy) is 2. The fourth-order valence-electron chi connectivity index (χ4n) is 2.01. The Hall–Kier alpha value is -2.10. The number of benzene rings is 1. The van der Waals surface area contributed by atoms with Crippen molar-refractivity contribution in [1.82, 2.24) is 9.97 Å². The second-order valence-corrected chi connectivity index (χ2v) is 5.94. The Morgan fingerprint density at radius 3 is 2.41 bits per heavy atom. The van der Waals surface area contributed by atoms with E-state index in [0.717, 1.165) is 22.8 Å². The van der Waals surface area contributed by atoms with Crippen molar-refractivity contribution in [1.29, 1.82) is 0 Å². The van der Waals surface area contributed by atoms with E-state index in [0.29, 0.717) is 18.4 Å². The molecule has 1 aromatic heterocycles. The van der Waals surface area contributed by atoms with Gasteiger partial charge in [-0.15, -0.1) is 0 Å². The van der Waals surface area contributed by atoms with Crippen LogP contribution in [0.15, 0.2) is 30.3 Å². The first-order valence-corrected chi connectivity index (χ1v) is 7.64. The molecule has 4 heteroatoms. The highest BCUT2D eigenvalue weighted by atomic mass is 16.5. The number of methoxy groups -OCH3 is 1. The highest BCUT2D eigenvalue weighted by Crippen LogP contribution is 2.22. The maximum absolute atomic E-state index is 5.87. The Labute approximate surface area is 132 Å². The first-order chi connectivity index (χ1) is 10.5. The molecule has 0 bridgehead atoms. The molecule has 0 saturated carbocycles. The Balaban J connectivity index is 2.17. The minimum atomic E-state index is 0.276. The smallest absolute Gasteiger partial charge is 0.217 e. The highest BCUT2D eigenvalue weighted by Gasteiger charge is 2.11. The average Bonchev–Trinajstić information content (AvgIpc) is 2.52. The fourth-order valence-corrected chi connectivity index (χ4v) is 2.01. The van der Waals surface area contributed by atoms with Gasteiger partial charge in [0, 0.05) is 12.0 Å². The van der Waals surface area contributed by atoms with Crippen LogP contribution in [0.25, 0.3) is 0 Å². The molecule has 0 aliphatic carbocycles. The summed E-state index contributed by atoms with van der Waals surface area (Å²) < 4.78 is 11.1. The largest absolute Gasteiger partial charge is 0.497 e. The third kappa shape index (κ3) is 4.20. The SMILES string of the molecule is COc1cccc(COc2cc(C(C)C)nc(C(C)C)n2)c1. The number of nitrogens with zero attached hydrogens (tertiary/aromatic N) is 2. The van der Waals surface area contributed by atoms with Gasteiger partial charge < -0.3 is 9.47 Å². The first-order valence-electron chi connectivity index (χ1n) is 7.64. The van der Waals surface area contributed by atoms with Gasteiger partial charge in [0.2, 0.25) is 5.88 Å². The van der Waals surface area contributed by atoms with Crippen molar-refractivity contribution in [3.05, 3.63) is 47.4 Å². The van der Waals surface area contributed by atoms with Crippen molar-refractivity contribution in [2.24, 2.45) is 0 Å². The Morgan fingerprint density at radius 1 is 1.00 bits per heavy atom. The van der Waals surface area contributed by atoms with Crippen LogP contribution in [0.3, 0.4) is 0 Å². The zero-order valence-corrected chi connectivity index (χ0v) is 14.0. The third-order valence-electron chi connectivity index (χ3n) is 3.37. The topological polar surface area (TPSA) is 44.2 Å². The zero-order valence-electron chi connectivity index (χ0n) is 14.0. The molecule has 0 N–H and O–H groups in total. The van der Waals surface area contributed by atoms with E-state index in [4.69, 9.17) is 9.47 Å². The van der Waals surface area contributed by atoms with E-state index in [9.17, 15) is 0 Å². The molecule has 0 unspecified atom stereocenters. The van der Waals surface area contributed by atoms with E-state index in [-0.39, 0.29) is 5.92 Å². The van der Waals surface area contributed by atoms with Crippen molar-refractivity contribution in [2.75, 3.05) is 7.11 Å². The Bertz CT molecular complexity index is 598. The monoisotopic (exact) mass is 300 g/mol. The van der Waals surface area contributed by atoms with E-state index in [1.54, 1.807) is 7.11 Å². The average molecular weight is 300 g/mol. The van der Waals surface area contributed by atoms with Crippen LogP contribution < -0.4 is 9.47 Å². The molecule has 0 fully saturated rings. The van der Waals surface area contributed by atoms with E-state index >= 15 is 0 Å². The predicted octanol–water partition coefficient (Wildman–Crippen LogP) is 4.31. The molecule has 1 heterocycles. The molecule has 0 aliphatic heterocycles. The summed E-state index contributed by atoms with van der Waals surface area (Å²) in [4.78, 5) is 9.11. The van der Waals surface area contributed by atoms with Crippen LogP contribution in [0.4, 0.5) is 0 Å². The van der Waals surface area contributed by atoms with Crippen molar-refractivity contribution < 1.29 is 9.47 Å². The van der Waals surface area contributed by atoms with Crippen molar-refractivity contribution in [3.63, 3.8) is 0 Å². The molecule has 0 amide bonds. The second-order valence-electron chi connectivity index (χ2n) is 5.94. The minimum Gasteiger partial charge on any atom is -0.497 e. The summed E-state index contributed by atoms with van der Waals surface area (Å²) in [6, 6.07) is 9.78. The van der Waals surface area contributed by atoms with E-state index in [2.05, 4.69) is 37.7 Å². The van der Waals surface area contributed by atoms with Gasteiger partial charge in [-0.25, -0.2) is 4.98 Å². The highest BCUT2D eigenvalue weighted by molar-refractivity contribution is 5.28. The molecule has 118 valence electrons. The summed E-state index contributed by atoms with van der Waals surface area (Å²) in [5.74, 6) is 2.91. The summed E-state index contributed by atoms with van der Waals surface area (Å²) in [5.41, 5.74) is 2.06. The van der Waals surface area contributed by atoms with Crippen molar-refractivity contribution in [2.45, 2.75) is 46.1 Å². The summed E-state index contributed by atoms with van der Waals surface area (Å²) in [6.07, 6.45) is 0. The predicted molar refractivity (Wildman–Crippen MR) is 87.5 cm³/mol. The van der Waals surface area contributed by atoms with E-state index in [1.165, 1.54) is 0 Å². The lowest BCUT2D eigenvalue weighted by Gasteiger charge is -2.13. The molecule has 0 aliphatic rings. The molecule has 4 nitrogen and oxygen atoms in total. The van der Waals surface area contributed by atoms with Crippen LogP contribution in [-0.2, 0) is 6.61 Å². The molecule has 2 aromatic rings. The van der Waals surface area contributed by atoms with Gasteiger partial charge in [0.15, 0.2) is 0 Å². The lowest BCUT2D eigenvalue weighted by atomic mass is 10.1. The standard InChI is InChI=1S/C18H24N2O2/c1-12(2)16-10-17(20-18(19-16)13(3)4)22-11-14-7-6-8-15(9-14)21-5/h6-10,12-13H,11H2,1-5H3. The molecule has 0 saturated heterocycles. The quantitative estimate of drug-likeness (QED) is 0.797. The normalized spacial score (nSPS) is 11.0. The number of hydrogen-bond acceptors (Lipinski definition) is 4. The second kappa shape index (κ2) is 7.25. The van der Waals surface area contributed by atoms with Gasteiger partial charge in [-0.2, -0.15) is 4.98 Å². The number of hydrogen-bond donors (Lipinski definition) is 0. The summed E-state index contributed by atoms with van der Waals surface area (Å²) in [5, 5.41) is 0. The van der Waals surface area contributed by atoms with Gasteiger partial charge >= 0.3 is 0 Å². The number of rotatable bonds is 6. The molecule has 0 atom stereocenters. The third-order valence-corrected chi connectivity index (χ3v) is 3.37. The van der Waals surface area contributed by atoms with Gasteiger partial charge in [0.25, 0.3) is 0 Å². The fraction of sp³-hybridized carbons (Fsp3) is 0.444. The maximum atomic E-state index is 5.87. The molecular weight excluding hydrogens is 276 g/mol. The Morgan fingerprint density at radius 2 is 1.77 bits per heavy atom. The lowest BCUT2D eigenvalue weighted by molar-refractivity contribution is 0.290. The van der Waals surface area contributed by atoms with Crippen LogP contribution in [-0.4, -0.2) is 17.1 Å². The van der Waals surface area contributed by atoms with Gasteiger partial charge in [0.05, 0.1) is 12.8 Å². The van der Waals surface area contributed by atoms with Crippen LogP contribution in [0, 0.1) is 0 Å². The zero-order chi connectivity index (χ0) is 16.1. The van der Waals surface area contributed by atoms with Crippen LogP contribution in [0.1, 0.15) is 56.6 Å². The van der Waals surface area contributed by atoms with Crippen LogP contribution in [0.2, 0.25) is 0 Å². The molecule has 22 heavy (non-hydrogen) atoms. The van der Waals surface area contributed by atoms with Gasteiger partial charge in [-0.3, -0.25) is 0 Å². The Kier molecular flexibility index (Phi) is 5.36. The summed E-state index contributed by atoms with van der Waals surface area (Å²) in [7, 11) is 1.66. The van der Waals surface area contributed by atoms with E-state index in [1.807, 2.05) is 30.3 Å². The van der Waals surface area contributed by atoms with Gasteiger partial charge in [-0.1, -0.05) is 39.8 Å². The van der Waals surface area contributed by atoms with Crippen LogP contribution >= 0.6 is 0 Å². The van der Waals surface area contributed by atoms with Crippen molar-refractivity contribution >= 4 is 0 Å². The molecule has 1 aromatic carbocycles. The van der Waals surface area contributed by atoms with Crippen LogP contribution in [0.5, 0.6) is 11.6 Å². The first kappa shape index (κ1) is 16.3. The lowest BCUT2D eigenvalue weighted by Crippen LogP contribution is -2.06. The molecule has 0 radical (unpaired) electrons.